The van der Waals surface area contributed by atoms with Gasteiger partial charge in [0.15, 0.2) is 0 Å². The van der Waals surface area contributed by atoms with Crippen LogP contribution in [-0.4, -0.2) is 18.8 Å². The highest BCUT2D eigenvalue weighted by Crippen LogP contribution is 2.39. The van der Waals surface area contributed by atoms with E-state index in [1.54, 1.807) is 0 Å². The third-order valence-corrected chi connectivity index (χ3v) is 10.0. The number of aromatic nitrogens is 4. The lowest BCUT2D eigenvalue weighted by molar-refractivity contribution is 1.31. The highest BCUT2D eigenvalue weighted by atomic mass is 15.0. The predicted molar refractivity (Wildman–Crippen MR) is 199 cm³/mol. The molecule has 0 aliphatic carbocycles. The summed E-state index contributed by atoms with van der Waals surface area (Å²) in [5.41, 5.74) is 14.5. The molecule has 0 N–H and O–H groups in total. The van der Waals surface area contributed by atoms with Crippen LogP contribution in [0.1, 0.15) is 0 Å². The van der Waals surface area contributed by atoms with E-state index < -0.39 is 0 Å². The average molecular weight is 611 g/mol. The van der Waals surface area contributed by atoms with E-state index in [1.165, 1.54) is 60.3 Å². The van der Waals surface area contributed by atoms with Crippen LogP contribution in [0.25, 0.3) is 99.3 Å². The molecule has 0 aliphatic heterocycles. The first kappa shape index (κ1) is 25.6. The molecule has 5 aromatic heterocycles. The fraction of sp³-hybridized carbons (Fsp3) is 0. The largest absolute Gasteiger partial charge is 0.292 e. The number of hydrogen-bond donors (Lipinski definition) is 0. The summed E-state index contributed by atoms with van der Waals surface area (Å²) in [5, 5.41) is 6.09. The van der Waals surface area contributed by atoms with E-state index in [1.807, 2.05) is 0 Å². The molecule has 0 saturated heterocycles. The Hall–Kier alpha value is -6.52. The van der Waals surface area contributed by atoms with E-state index in [9.17, 15) is 0 Å². The highest BCUT2D eigenvalue weighted by Gasteiger charge is 2.19. The van der Waals surface area contributed by atoms with Crippen molar-refractivity contribution in [2.75, 3.05) is 0 Å². The van der Waals surface area contributed by atoms with Crippen LogP contribution in [-0.2, 0) is 0 Å². The smallest absolute Gasteiger partial charge is 0.146 e. The first-order valence-corrected chi connectivity index (χ1v) is 16.3. The second-order valence-electron chi connectivity index (χ2n) is 12.7. The van der Waals surface area contributed by atoms with Crippen molar-refractivity contribution in [1.29, 1.82) is 0 Å². The first-order chi connectivity index (χ1) is 23.8. The molecular formula is C44H26N4. The summed E-state index contributed by atoms with van der Waals surface area (Å²) < 4.78 is 4.61. The zero-order valence-corrected chi connectivity index (χ0v) is 25.8. The quantitative estimate of drug-likeness (QED) is 0.187. The molecule has 11 aromatic rings. The summed E-state index contributed by atoms with van der Waals surface area (Å²) in [6.07, 6.45) is 0. The van der Waals surface area contributed by atoms with Crippen molar-refractivity contribution in [2.45, 2.75) is 0 Å². The van der Waals surface area contributed by atoms with Crippen molar-refractivity contribution in [2.24, 2.45) is 0 Å². The van der Waals surface area contributed by atoms with Crippen molar-refractivity contribution < 1.29 is 0 Å². The van der Waals surface area contributed by atoms with Gasteiger partial charge in [0.25, 0.3) is 0 Å². The third kappa shape index (κ3) is 3.49. The van der Waals surface area contributed by atoms with Gasteiger partial charge in [-0.3, -0.25) is 8.80 Å². The minimum atomic E-state index is 0.977. The van der Waals surface area contributed by atoms with Crippen molar-refractivity contribution in [3.05, 3.63) is 158 Å². The molecule has 6 aromatic carbocycles. The van der Waals surface area contributed by atoms with Crippen LogP contribution in [0.3, 0.4) is 0 Å². The maximum atomic E-state index is 5.14. The van der Waals surface area contributed by atoms with Gasteiger partial charge in [0.2, 0.25) is 0 Å². The van der Waals surface area contributed by atoms with Gasteiger partial charge in [-0.2, -0.15) is 0 Å². The molecule has 48 heavy (non-hydrogen) atoms. The van der Waals surface area contributed by atoms with E-state index in [0.29, 0.717) is 0 Å². The van der Waals surface area contributed by atoms with Crippen molar-refractivity contribution in [1.82, 2.24) is 18.8 Å². The van der Waals surface area contributed by atoms with Crippen LogP contribution in [0.4, 0.5) is 0 Å². The number of nitrogens with zero attached hydrogens (tertiary/aromatic N) is 4. The number of benzene rings is 6. The van der Waals surface area contributed by atoms with E-state index >= 15 is 0 Å². The van der Waals surface area contributed by atoms with Gasteiger partial charge < -0.3 is 0 Å². The Balaban J connectivity index is 1.07. The van der Waals surface area contributed by atoms with Crippen LogP contribution in [0, 0.1) is 0 Å². The first-order valence-electron chi connectivity index (χ1n) is 16.3. The van der Waals surface area contributed by atoms with E-state index in [0.717, 1.165) is 39.0 Å². The minimum absolute atomic E-state index is 0.977. The second kappa shape index (κ2) is 9.50. The molecular weight excluding hydrogens is 585 g/mol. The van der Waals surface area contributed by atoms with Crippen molar-refractivity contribution >= 4 is 65.8 Å². The van der Waals surface area contributed by atoms with Gasteiger partial charge in [0, 0.05) is 27.1 Å². The number of imidazole rings is 2. The number of hydrogen-bond acceptors (Lipinski definition) is 2. The molecule has 0 atom stereocenters. The Morgan fingerprint density at radius 2 is 0.938 bits per heavy atom. The molecule has 0 spiro atoms. The third-order valence-electron chi connectivity index (χ3n) is 10.0. The fourth-order valence-electron chi connectivity index (χ4n) is 7.88. The molecule has 0 unspecified atom stereocenters. The number of rotatable bonds is 3. The molecule has 0 aliphatic rings. The summed E-state index contributed by atoms with van der Waals surface area (Å²) in [5.74, 6) is 0. The van der Waals surface area contributed by atoms with Gasteiger partial charge in [0.1, 0.15) is 11.3 Å². The second-order valence-corrected chi connectivity index (χ2v) is 12.7. The fourth-order valence-corrected chi connectivity index (χ4v) is 7.88. The molecule has 0 saturated carbocycles. The summed E-state index contributed by atoms with van der Waals surface area (Å²) in [7, 11) is 0. The summed E-state index contributed by atoms with van der Waals surface area (Å²) in [4.78, 5) is 10.3. The molecule has 0 amide bonds. The molecule has 11 rings (SSSR count). The molecule has 5 heterocycles. The SMILES string of the molecule is c1cc(-c2cccc(-c3nc4cccc5c6ccccc6c3n45)c2)cc(-c2ccc3c4ccccc4n4c5ccccc5nc4c3c2)c1. The van der Waals surface area contributed by atoms with E-state index in [2.05, 4.69) is 167 Å². The standard InChI is InChI=1S/C44H26N4/c1-2-16-35-34(15-1)39-20-9-21-41-46-42(43(35)48(39)41)31-13-8-12-29(25-31)27-10-7-11-28(24-27)30-22-23-32-33-14-3-5-18-38(33)47-40-19-6-4-17-37(40)45-44(47)36(32)26-30/h1-26H. The number of pyridine rings is 2. The lowest BCUT2D eigenvalue weighted by Gasteiger charge is -2.12. The Morgan fingerprint density at radius 3 is 1.75 bits per heavy atom. The van der Waals surface area contributed by atoms with Gasteiger partial charge in [-0.1, -0.05) is 109 Å². The maximum absolute atomic E-state index is 5.14. The summed E-state index contributed by atoms with van der Waals surface area (Å²) in [6.45, 7) is 0. The predicted octanol–water partition coefficient (Wildman–Crippen LogP) is 11.2. The zero-order valence-electron chi connectivity index (χ0n) is 25.8. The number of para-hydroxylation sites is 3. The molecule has 4 nitrogen and oxygen atoms in total. The van der Waals surface area contributed by atoms with Gasteiger partial charge in [-0.05, 0) is 76.2 Å². The average Bonchev–Trinajstić information content (AvgIpc) is 3.85. The lowest BCUT2D eigenvalue weighted by atomic mass is 9.95. The van der Waals surface area contributed by atoms with Crippen molar-refractivity contribution in [3.8, 4) is 33.5 Å². The van der Waals surface area contributed by atoms with Crippen LogP contribution in [0.15, 0.2) is 158 Å². The van der Waals surface area contributed by atoms with E-state index in [4.69, 9.17) is 9.97 Å². The van der Waals surface area contributed by atoms with Crippen LogP contribution >= 0.6 is 0 Å². The van der Waals surface area contributed by atoms with Crippen LogP contribution in [0.2, 0.25) is 0 Å². The Morgan fingerprint density at radius 1 is 0.354 bits per heavy atom. The molecule has 4 heteroatoms. The summed E-state index contributed by atoms with van der Waals surface area (Å²) >= 11 is 0. The highest BCUT2D eigenvalue weighted by molar-refractivity contribution is 6.15. The molecule has 0 bridgehead atoms. The van der Waals surface area contributed by atoms with E-state index in [-0.39, 0.29) is 0 Å². The zero-order chi connectivity index (χ0) is 31.3. The molecule has 222 valence electrons. The maximum Gasteiger partial charge on any atom is 0.146 e. The Kier molecular flexibility index (Phi) is 5.08. The Bertz CT molecular complexity index is 3070. The number of fused-ring (bicyclic) bond motifs is 11. The molecule has 0 fully saturated rings. The van der Waals surface area contributed by atoms with Crippen molar-refractivity contribution in [3.63, 3.8) is 0 Å². The monoisotopic (exact) mass is 610 g/mol. The van der Waals surface area contributed by atoms with Crippen LogP contribution in [0.5, 0.6) is 0 Å². The normalized spacial score (nSPS) is 12.2. The van der Waals surface area contributed by atoms with Gasteiger partial charge in [0.05, 0.1) is 33.3 Å². The summed E-state index contributed by atoms with van der Waals surface area (Å²) in [6, 6.07) is 56.6. The van der Waals surface area contributed by atoms with Gasteiger partial charge in [-0.15, -0.1) is 0 Å². The topological polar surface area (TPSA) is 34.6 Å². The van der Waals surface area contributed by atoms with Gasteiger partial charge in [-0.25, -0.2) is 9.97 Å². The minimum Gasteiger partial charge on any atom is -0.292 e. The Labute approximate surface area is 275 Å². The van der Waals surface area contributed by atoms with Gasteiger partial charge >= 0.3 is 0 Å². The molecule has 0 radical (unpaired) electrons. The lowest BCUT2D eigenvalue weighted by Crippen LogP contribution is -1.92. The van der Waals surface area contributed by atoms with Crippen LogP contribution < -0.4 is 0 Å².